The van der Waals surface area contributed by atoms with Crippen LogP contribution < -0.4 is 15.8 Å². The van der Waals surface area contributed by atoms with Gasteiger partial charge in [0.2, 0.25) is 5.91 Å². The zero-order valence-corrected chi connectivity index (χ0v) is 10.4. The van der Waals surface area contributed by atoms with E-state index >= 15 is 0 Å². The Balaban J connectivity index is 2.05. The first-order valence-electron chi connectivity index (χ1n) is 6.03. The summed E-state index contributed by atoms with van der Waals surface area (Å²) in [6, 6.07) is 5.19. The van der Waals surface area contributed by atoms with Crippen LogP contribution in [0.3, 0.4) is 0 Å². The van der Waals surface area contributed by atoms with E-state index in [0.29, 0.717) is 23.7 Å². The number of carbonyl (C=O) groups excluding carboxylic acids is 1. The summed E-state index contributed by atoms with van der Waals surface area (Å²) in [5.41, 5.74) is 6.94. The van der Waals surface area contributed by atoms with Crippen LogP contribution in [0.4, 0.5) is 11.4 Å². The second kappa shape index (κ2) is 5.73. The second-order valence-corrected chi connectivity index (χ2v) is 4.36. The van der Waals surface area contributed by atoms with Gasteiger partial charge in [-0.25, -0.2) is 0 Å². The van der Waals surface area contributed by atoms with Crippen molar-refractivity contribution in [3.8, 4) is 5.75 Å². The molecule has 0 bridgehead atoms. The molecule has 1 amide bonds. The summed E-state index contributed by atoms with van der Waals surface area (Å²) in [5.74, 6) is 0.526. The monoisotopic (exact) mass is 250 g/mol. The minimum absolute atomic E-state index is 0.0466. The lowest BCUT2D eigenvalue weighted by molar-refractivity contribution is -0.123. The molecule has 0 spiro atoms. The molecule has 2 rings (SSSR count). The van der Waals surface area contributed by atoms with Crippen molar-refractivity contribution >= 4 is 17.3 Å². The molecule has 5 nitrogen and oxygen atoms in total. The fourth-order valence-corrected chi connectivity index (χ4v) is 1.95. The molecular weight excluding hydrogens is 232 g/mol. The molecule has 98 valence electrons. The molecule has 5 heteroatoms. The van der Waals surface area contributed by atoms with Gasteiger partial charge in [-0.15, -0.1) is 0 Å². The maximum Gasteiger partial charge on any atom is 0.229 e. The van der Waals surface area contributed by atoms with Gasteiger partial charge in [0.15, 0.2) is 0 Å². The van der Waals surface area contributed by atoms with E-state index in [1.807, 2.05) is 0 Å². The van der Waals surface area contributed by atoms with Crippen molar-refractivity contribution in [1.29, 1.82) is 0 Å². The molecule has 18 heavy (non-hydrogen) atoms. The smallest absolute Gasteiger partial charge is 0.229 e. The van der Waals surface area contributed by atoms with Gasteiger partial charge >= 0.3 is 0 Å². The summed E-state index contributed by atoms with van der Waals surface area (Å²) in [6.07, 6.45) is 1.78. The molecule has 1 atom stereocenters. The number of nitrogens with one attached hydrogen (secondary N) is 1. The molecule has 3 N–H and O–H groups in total. The SMILES string of the molecule is COc1ccc(N)c(NC(=O)C2CCCOC2)c1. The number of methoxy groups -OCH3 is 1. The van der Waals surface area contributed by atoms with E-state index in [9.17, 15) is 4.79 Å². The molecule has 1 aliphatic rings. The number of hydrogen-bond acceptors (Lipinski definition) is 4. The fourth-order valence-electron chi connectivity index (χ4n) is 1.95. The number of hydrogen-bond donors (Lipinski definition) is 2. The molecule has 0 radical (unpaired) electrons. The predicted octanol–water partition coefficient (Wildman–Crippen LogP) is 1.64. The van der Waals surface area contributed by atoms with Gasteiger partial charge in [0.05, 0.1) is 31.0 Å². The van der Waals surface area contributed by atoms with E-state index < -0.39 is 0 Å². The average molecular weight is 250 g/mol. The maximum absolute atomic E-state index is 12.0. The van der Waals surface area contributed by atoms with Crippen LogP contribution in [0.2, 0.25) is 0 Å². The van der Waals surface area contributed by atoms with E-state index in [4.69, 9.17) is 15.2 Å². The van der Waals surface area contributed by atoms with E-state index in [2.05, 4.69) is 5.32 Å². The van der Waals surface area contributed by atoms with Crippen LogP contribution in [0.25, 0.3) is 0 Å². The van der Waals surface area contributed by atoms with Gasteiger partial charge < -0.3 is 20.5 Å². The average Bonchev–Trinajstić information content (AvgIpc) is 2.42. The zero-order chi connectivity index (χ0) is 13.0. The van der Waals surface area contributed by atoms with Gasteiger partial charge in [0.25, 0.3) is 0 Å². The fraction of sp³-hybridized carbons (Fsp3) is 0.462. The summed E-state index contributed by atoms with van der Waals surface area (Å²) in [4.78, 5) is 12.0. The van der Waals surface area contributed by atoms with Gasteiger partial charge in [-0.1, -0.05) is 0 Å². The Morgan fingerprint density at radius 2 is 2.39 bits per heavy atom. The maximum atomic E-state index is 12.0. The minimum Gasteiger partial charge on any atom is -0.497 e. The lowest BCUT2D eigenvalue weighted by atomic mass is 10.0. The number of nitrogens with two attached hydrogens (primary N) is 1. The highest BCUT2D eigenvalue weighted by Crippen LogP contribution is 2.25. The van der Waals surface area contributed by atoms with Crippen LogP contribution >= 0.6 is 0 Å². The van der Waals surface area contributed by atoms with Crippen LogP contribution in [0.15, 0.2) is 18.2 Å². The van der Waals surface area contributed by atoms with Crippen molar-refractivity contribution in [2.24, 2.45) is 5.92 Å². The van der Waals surface area contributed by atoms with Crippen LogP contribution in [-0.4, -0.2) is 26.2 Å². The van der Waals surface area contributed by atoms with Crippen LogP contribution in [0.1, 0.15) is 12.8 Å². The summed E-state index contributed by atoms with van der Waals surface area (Å²) in [6.45, 7) is 1.22. The Morgan fingerprint density at radius 3 is 3.06 bits per heavy atom. The van der Waals surface area contributed by atoms with Crippen molar-refractivity contribution in [3.05, 3.63) is 18.2 Å². The quantitative estimate of drug-likeness (QED) is 0.800. The van der Waals surface area contributed by atoms with Crippen molar-refractivity contribution in [1.82, 2.24) is 0 Å². The Bertz CT molecular complexity index is 428. The topological polar surface area (TPSA) is 73.6 Å². The Labute approximate surface area is 106 Å². The van der Waals surface area contributed by atoms with Gasteiger partial charge in [0.1, 0.15) is 5.75 Å². The number of nitrogen functional groups attached to an aromatic ring is 1. The third-order valence-corrected chi connectivity index (χ3v) is 3.05. The lowest BCUT2D eigenvalue weighted by Crippen LogP contribution is -2.30. The third-order valence-electron chi connectivity index (χ3n) is 3.05. The Hall–Kier alpha value is -1.75. The highest BCUT2D eigenvalue weighted by molar-refractivity contribution is 5.95. The molecule has 1 unspecified atom stereocenters. The minimum atomic E-state index is -0.0932. The van der Waals surface area contributed by atoms with Crippen LogP contribution in [0.5, 0.6) is 5.75 Å². The van der Waals surface area contributed by atoms with Crippen molar-refractivity contribution < 1.29 is 14.3 Å². The first kappa shape index (κ1) is 12.7. The number of ether oxygens (including phenoxy) is 2. The van der Waals surface area contributed by atoms with Gasteiger partial charge in [-0.3, -0.25) is 4.79 Å². The van der Waals surface area contributed by atoms with Gasteiger partial charge in [0, 0.05) is 12.7 Å². The van der Waals surface area contributed by atoms with Gasteiger partial charge in [-0.2, -0.15) is 0 Å². The number of anilines is 2. The summed E-state index contributed by atoms with van der Waals surface area (Å²) >= 11 is 0. The van der Waals surface area contributed by atoms with E-state index in [0.717, 1.165) is 19.4 Å². The van der Waals surface area contributed by atoms with E-state index in [-0.39, 0.29) is 11.8 Å². The molecule has 1 heterocycles. The van der Waals surface area contributed by atoms with Crippen LogP contribution in [-0.2, 0) is 9.53 Å². The molecule has 0 aliphatic carbocycles. The molecule has 1 fully saturated rings. The Morgan fingerprint density at radius 1 is 1.56 bits per heavy atom. The highest BCUT2D eigenvalue weighted by Gasteiger charge is 2.22. The van der Waals surface area contributed by atoms with E-state index in [1.165, 1.54) is 0 Å². The van der Waals surface area contributed by atoms with Crippen molar-refractivity contribution in [2.45, 2.75) is 12.8 Å². The number of rotatable bonds is 3. The first-order chi connectivity index (χ1) is 8.70. The molecule has 0 saturated carbocycles. The number of amides is 1. The molecule has 1 aromatic rings. The molecular formula is C13H18N2O3. The summed E-state index contributed by atoms with van der Waals surface area (Å²) < 4.78 is 10.4. The van der Waals surface area contributed by atoms with Crippen LogP contribution in [0, 0.1) is 5.92 Å². The highest BCUT2D eigenvalue weighted by atomic mass is 16.5. The van der Waals surface area contributed by atoms with Crippen molar-refractivity contribution in [2.75, 3.05) is 31.4 Å². The molecule has 0 aromatic heterocycles. The number of benzene rings is 1. The summed E-state index contributed by atoms with van der Waals surface area (Å²) in [5, 5.41) is 2.83. The lowest BCUT2D eigenvalue weighted by Gasteiger charge is -2.21. The number of carbonyl (C=O) groups is 1. The standard InChI is InChI=1S/C13H18N2O3/c1-17-10-4-5-11(14)12(7-10)15-13(16)9-3-2-6-18-8-9/h4-5,7,9H,2-3,6,8,14H2,1H3,(H,15,16). The van der Waals surface area contributed by atoms with Crippen molar-refractivity contribution in [3.63, 3.8) is 0 Å². The normalized spacial score (nSPS) is 19.3. The third kappa shape index (κ3) is 2.92. The van der Waals surface area contributed by atoms with E-state index in [1.54, 1.807) is 25.3 Å². The zero-order valence-electron chi connectivity index (χ0n) is 10.4. The first-order valence-corrected chi connectivity index (χ1v) is 6.03. The summed E-state index contributed by atoms with van der Waals surface area (Å²) in [7, 11) is 1.58. The Kier molecular flexibility index (Phi) is 4.04. The molecule has 1 aliphatic heterocycles. The second-order valence-electron chi connectivity index (χ2n) is 4.36. The van der Waals surface area contributed by atoms with Gasteiger partial charge in [-0.05, 0) is 25.0 Å². The molecule has 1 aromatic carbocycles. The predicted molar refractivity (Wildman–Crippen MR) is 69.6 cm³/mol. The largest absolute Gasteiger partial charge is 0.497 e. The molecule has 1 saturated heterocycles.